The van der Waals surface area contributed by atoms with Crippen LogP contribution in [-0.2, 0) is 4.79 Å². The minimum atomic E-state index is 0.217. The lowest BCUT2D eigenvalue weighted by molar-refractivity contribution is -0.124. The van der Waals surface area contributed by atoms with Crippen molar-refractivity contribution in [3.8, 4) is 0 Å². The van der Waals surface area contributed by atoms with Gasteiger partial charge < -0.3 is 5.32 Å². The molecule has 11 heavy (non-hydrogen) atoms. The molecule has 0 bridgehead atoms. The highest BCUT2D eigenvalue weighted by Gasteiger charge is 2.26. The SMILES string of the molecule is CC(C)C1CCC(=O)NC1C. The molecule has 1 fully saturated rings. The summed E-state index contributed by atoms with van der Waals surface area (Å²) in [6.07, 6.45) is 1.78. The first-order chi connectivity index (χ1) is 5.11. The van der Waals surface area contributed by atoms with Crippen LogP contribution in [0.2, 0.25) is 0 Å². The topological polar surface area (TPSA) is 29.1 Å². The van der Waals surface area contributed by atoms with E-state index in [0.717, 1.165) is 6.42 Å². The Kier molecular flexibility index (Phi) is 2.53. The van der Waals surface area contributed by atoms with Crippen LogP contribution in [0.25, 0.3) is 0 Å². The van der Waals surface area contributed by atoms with Gasteiger partial charge in [-0.3, -0.25) is 4.79 Å². The van der Waals surface area contributed by atoms with Gasteiger partial charge in [-0.05, 0) is 25.2 Å². The summed E-state index contributed by atoms with van der Waals surface area (Å²) in [6, 6.07) is 0.372. The molecular formula is C9H17NO. The Balaban J connectivity index is 2.50. The lowest BCUT2D eigenvalue weighted by atomic mass is 9.83. The molecule has 0 aromatic heterocycles. The first-order valence-corrected chi connectivity index (χ1v) is 4.40. The van der Waals surface area contributed by atoms with Crippen LogP contribution in [0.4, 0.5) is 0 Å². The maximum atomic E-state index is 10.9. The van der Waals surface area contributed by atoms with E-state index in [0.29, 0.717) is 24.3 Å². The van der Waals surface area contributed by atoms with Crippen LogP contribution in [0.3, 0.4) is 0 Å². The van der Waals surface area contributed by atoms with Gasteiger partial charge in [0.15, 0.2) is 0 Å². The van der Waals surface area contributed by atoms with Crippen molar-refractivity contribution in [3.63, 3.8) is 0 Å². The molecule has 0 saturated carbocycles. The lowest BCUT2D eigenvalue weighted by Gasteiger charge is -2.32. The van der Waals surface area contributed by atoms with E-state index in [1.54, 1.807) is 0 Å². The fraction of sp³-hybridized carbons (Fsp3) is 0.889. The Labute approximate surface area is 68.4 Å². The Hall–Kier alpha value is -0.530. The van der Waals surface area contributed by atoms with Crippen molar-refractivity contribution in [1.29, 1.82) is 0 Å². The summed E-state index contributed by atoms with van der Waals surface area (Å²) in [5, 5.41) is 2.97. The van der Waals surface area contributed by atoms with Crippen LogP contribution in [0.1, 0.15) is 33.6 Å². The molecule has 2 heteroatoms. The number of amides is 1. The first-order valence-electron chi connectivity index (χ1n) is 4.40. The molecule has 1 aliphatic heterocycles. The molecule has 0 aromatic carbocycles. The van der Waals surface area contributed by atoms with Gasteiger partial charge in [-0.25, -0.2) is 0 Å². The molecule has 1 heterocycles. The standard InChI is InChI=1S/C9H17NO/c1-6(2)8-4-5-9(11)10-7(8)3/h6-8H,4-5H2,1-3H3,(H,10,11). The van der Waals surface area contributed by atoms with E-state index in [1.807, 2.05) is 0 Å². The Morgan fingerprint density at radius 3 is 2.64 bits per heavy atom. The van der Waals surface area contributed by atoms with Crippen LogP contribution in [0.15, 0.2) is 0 Å². The minimum absolute atomic E-state index is 0.217. The van der Waals surface area contributed by atoms with E-state index in [2.05, 4.69) is 26.1 Å². The Morgan fingerprint density at radius 2 is 2.18 bits per heavy atom. The van der Waals surface area contributed by atoms with Gasteiger partial charge in [-0.1, -0.05) is 13.8 Å². The largest absolute Gasteiger partial charge is 0.353 e. The Bertz CT molecular complexity index is 154. The quantitative estimate of drug-likeness (QED) is 0.611. The van der Waals surface area contributed by atoms with Crippen LogP contribution in [-0.4, -0.2) is 11.9 Å². The summed E-state index contributed by atoms with van der Waals surface area (Å²) in [4.78, 5) is 10.9. The molecule has 0 aliphatic carbocycles. The molecule has 1 aliphatic rings. The van der Waals surface area contributed by atoms with Gasteiger partial charge >= 0.3 is 0 Å². The van der Waals surface area contributed by atoms with E-state index in [9.17, 15) is 4.79 Å². The van der Waals surface area contributed by atoms with Crippen LogP contribution in [0, 0.1) is 11.8 Å². The predicted octanol–water partition coefficient (Wildman–Crippen LogP) is 1.56. The van der Waals surface area contributed by atoms with Crippen LogP contribution >= 0.6 is 0 Å². The van der Waals surface area contributed by atoms with E-state index in [1.165, 1.54) is 0 Å². The van der Waals surface area contributed by atoms with E-state index < -0.39 is 0 Å². The molecule has 0 spiro atoms. The average molecular weight is 155 g/mol. The average Bonchev–Trinajstić information content (AvgIpc) is 1.85. The number of rotatable bonds is 1. The second-order valence-corrected chi connectivity index (χ2v) is 3.80. The third-order valence-corrected chi connectivity index (χ3v) is 2.59. The normalized spacial score (nSPS) is 32.2. The van der Waals surface area contributed by atoms with Crippen LogP contribution in [0.5, 0.6) is 0 Å². The third-order valence-electron chi connectivity index (χ3n) is 2.59. The van der Waals surface area contributed by atoms with Crippen molar-refractivity contribution in [3.05, 3.63) is 0 Å². The van der Waals surface area contributed by atoms with E-state index >= 15 is 0 Å². The molecule has 1 saturated heterocycles. The zero-order valence-electron chi connectivity index (χ0n) is 7.55. The van der Waals surface area contributed by atoms with Crippen LogP contribution < -0.4 is 5.32 Å². The summed E-state index contributed by atoms with van der Waals surface area (Å²) in [7, 11) is 0. The monoisotopic (exact) mass is 155 g/mol. The molecule has 0 radical (unpaired) electrons. The van der Waals surface area contributed by atoms with Crippen molar-refractivity contribution in [2.45, 2.75) is 39.7 Å². The summed E-state index contributed by atoms with van der Waals surface area (Å²) >= 11 is 0. The summed E-state index contributed by atoms with van der Waals surface area (Å²) in [5.74, 6) is 1.58. The van der Waals surface area contributed by atoms with Crippen molar-refractivity contribution in [1.82, 2.24) is 5.32 Å². The van der Waals surface area contributed by atoms with Gasteiger partial charge in [-0.2, -0.15) is 0 Å². The maximum Gasteiger partial charge on any atom is 0.220 e. The fourth-order valence-electron chi connectivity index (χ4n) is 1.89. The van der Waals surface area contributed by atoms with Crippen molar-refractivity contribution in [2.75, 3.05) is 0 Å². The molecule has 1 N–H and O–H groups in total. The molecule has 2 atom stereocenters. The zero-order valence-corrected chi connectivity index (χ0v) is 7.55. The number of carbonyl (C=O) groups is 1. The lowest BCUT2D eigenvalue weighted by Crippen LogP contribution is -2.44. The number of nitrogens with one attached hydrogen (secondary N) is 1. The number of hydrogen-bond acceptors (Lipinski definition) is 1. The molecule has 0 aromatic rings. The second kappa shape index (κ2) is 3.24. The number of carbonyl (C=O) groups excluding carboxylic acids is 1. The third kappa shape index (κ3) is 1.95. The van der Waals surface area contributed by atoms with Gasteiger partial charge in [0.25, 0.3) is 0 Å². The van der Waals surface area contributed by atoms with Crippen molar-refractivity contribution >= 4 is 5.91 Å². The van der Waals surface area contributed by atoms with Gasteiger partial charge in [0.1, 0.15) is 0 Å². The number of hydrogen-bond donors (Lipinski definition) is 1. The molecule has 1 rings (SSSR count). The van der Waals surface area contributed by atoms with Crippen molar-refractivity contribution < 1.29 is 4.79 Å². The second-order valence-electron chi connectivity index (χ2n) is 3.80. The first kappa shape index (κ1) is 8.57. The van der Waals surface area contributed by atoms with Gasteiger partial charge in [0.05, 0.1) is 0 Å². The van der Waals surface area contributed by atoms with Gasteiger partial charge in [-0.15, -0.1) is 0 Å². The highest BCUT2D eigenvalue weighted by atomic mass is 16.1. The summed E-state index contributed by atoms with van der Waals surface area (Å²) in [5.41, 5.74) is 0. The molecule has 2 nitrogen and oxygen atoms in total. The van der Waals surface area contributed by atoms with E-state index in [-0.39, 0.29) is 5.91 Å². The highest BCUT2D eigenvalue weighted by Crippen LogP contribution is 2.24. The highest BCUT2D eigenvalue weighted by molar-refractivity contribution is 5.77. The summed E-state index contributed by atoms with van der Waals surface area (Å²) in [6.45, 7) is 6.54. The summed E-state index contributed by atoms with van der Waals surface area (Å²) < 4.78 is 0. The minimum Gasteiger partial charge on any atom is -0.353 e. The molecule has 64 valence electrons. The molecule has 2 unspecified atom stereocenters. The maximum absolute atomic E-state index is 10.9. The number of piperidine rings is 1. The predicted molar refractivity (Wildman–Crippen MR) is 45.2 cm³/mol. The Morgan fingerprint density at radius 1 is 1.55 bits per heavy atom. The van der Waals surface area contributed by atoms with Gasteiger partial charge in [0.2, 0.25) is 5.91 Å². The zero-order chi connectivity index (χ0) is 8.43. The van der Waals surface area contributed by atoms with Gasteiger partial charge in [0, 0.05) is 12.5 Å². The molecule has 1 amide bonds. The molecular weight excluding hydrogens is 138 g/mol. The van der Waals surface area contributed by atoms with E-state index in [4.69, 9.17) is 0 Å². The fourth-order valence-corrected chi connectivity index (χ4v) is 1.89. The van der Waals surface area contributed by atoms with Crippen molar-refractivity contribution in [2.24, 2.45) is 11.8 Å². The smallest absolute Gasteiger partial charge is 0.220 e.